The summed E-state index contributed by atoms with van der Waals surface area (Å²) in [6, 6.07) is 8.61. The predicted molar refractivity (Wildman–Crippen MR) is 99.5 cm³/mol. The van der Waals surface area contributed by atoms with Crippen LogP contribution >= 0.6 is 0 Å². The van der Waals surface area contributed by atoms with E-state index in [1.807, 2.05) is 6.07 Å². The zero-order valence-electron chi connectivity index (χ0n) is 14.5. The van der Waals surface area contributed by atoms with Crippen molar-refractivity contribution in [3.05, 3.63) is 66.7 Å². The Hall–Kier alpha value is -3.40. The van der Waals surface area contributed by atoms with Gasteiger partial charge in [-0.05, 0) is 42.0 Å². The van der Waals surface area contributed by atoms with Crippen molar-refractivity contribution in [3.8, 4) is 17.2 Å². The summed E-state index contributed by atoms with van der Waals surface area (Å²) < 4.78 is 5.26. The summed E-state index contributed by atoms with van der Waals surface area (Å²) in [6.07, 6.45) is 4.91. The van der Waals surface area contributed by atoms with Gasteiger partial charge in [-0.15, -0.1) is 0 Å². The van der Waals surface area contributed by atoms with E-state index >= 15 is 0 Å². The Labute approximate surface area is 153 Å². The van der Waals surface area contributed by atoms with Crippen molar-refractivity contribution in [1.82, 2.24) is 9.97 Å². The number of aromatic nitrogens is 2. The fourth-order valence-electron chi connectivity index (χ4n) is 3.59. The molecule has 27 heavy (non-hydrogen) atoms. The number of nitriles is 1. The average Bonchev–Trinajstić information content (AvgIpc) is 2.59. The lowest BCUT2D eigenvalue weighted by molar-refractivity contribution is 0.296. The van der Waals surface area contributed by atoms with Crippen LogP contribution in [0.4, 0.5) is 0 Å². The van der Waals surface area contributed by atoms with Crippen molar-refractivity contribution >= 4 is 11.1 Å². The van der Waals surface area contributed by atoms with E-state index in [9.17, 15) is 14.4 Å². The standard InChI is InChI=1S/C20H17N3O4/c21-10-12-4-7-13(8-5-12)15-14(9-6-11-2-1-3-11)16-17(24)22-20(26)23-18(16)27-19(15)25/h4-5,7-8,11H,1-3,6,9H2,(H2,22,23,24,26). The van der Waals surface area contributed by atoms with Crippen molar-refractivity contribution in [2.24, 2.45) is 5.92 Å². The monoisotopic (exact) mass is 363 g/mol. The number of aryl methyl sites for hydroxylation is 1. The van der Waals surface area contributed by atoms with Gasteiger partial charge in [0.2, 0.25) is 5.71 Å². The van der Waals surface area contributed by atoms with Crippen LogP contribution in [0.25, 0.3) is 22.2 Å². The molecule has 1 saturated carbocycles. The van der Waals surface area contributed by atoms with Gasteiger partial charge in [-0.1, -0.05) is 31.4 Å². The predicted octanol–water partition coefficient (Wildman–Crippen LogP) is 2.44. The minimum Gasteiger partial charge on any atom is -0.405 e. The van der Waals surface area contributed by atoms with E-state index in [1.54, 1.807) is 24.3 Å². The summed E-state index contributed by atoms with van der Waals surface area (Å²) >= 11 is 0. The first-order valence-electron chi connectivity index (χ1n) is 8.89. The Morgan fingerprint density at radius 2 is 1.85 bits per heavy atom. The highest BCUT2D eigenvalue weighted by atomic mass is 16.4. The maximum Gasteiger partial charge on any atom is 0.345 e. The number of aromatic amines is 2. The molecular weight excluding hydrogens is 346 g/mol. The second kappa shape index (κ2) is 6.72. The van der Waals surface area contributed by atoms with Gasteiger partial charge in [0.25, 0.3) is 5.56 Å². The number of hydrogen-bond acceptors (Lipinski definition) is 5. The molecule has 3 aromatic rings. The molecule has 0 radical (unpaired) electrons. The van der Waals surface area contributed by atoms with Gasteiger partial charge in [0.15, 0.2) is 0 Å². The van der Waals surface area contributed by atoms with E-state index in [0.717, 1.165) is 19.3 Å². The van der Waals surface area contributed by atoms with Gasteiger partial charge < -0.3 is 4.42 Å². The third-order valence-corrected chi connectivity index (χ3v) is 5.24. The zero-order valence-corrected chi connectivity index (χ0v) is 14.5. The summed E-state index contributed by atoms with van der Waals surface area (Å²) in [7, 11) is 0. The number of benzene rings is 1. The van der Waals surface area contributed by atoms with Gasteiger partial charge in [-0.25, -0.2) is 9.59 Å². The van der Waals surface area contributed by atoms with Crippen LogP contribution in [0.5, 0.6) is 0 Å². The molecule has 7 heteroatoms. The van der Waals surface area contributed by atoms with Gasteiger partial charge in [-0.3, -0.25) is 14.8 Å². The quantitative estimate of drug-likeness (QED) is 0.738. The number of hydrogen-bond donors (Lipinski definition) is 2. The summed E-state index contributed by atoms with van der Waals surface area (Å²) in [5.74, 6) is 0.586. The number of nitrogens with zero attached hydrogens (tertiary/aromatic N) is 1. The molecule has 1 aliphatic rings. The molecule has 4 rings (SSSR count). The van der Waals surface area contributed by atoms with E-state index in [4.69, 9.17) is 9.68 Å². The normalized spacial score (nSPS) is 14.0. The third kappa shape index (κ3) is 3.10. The van der Waals surface area contributed by atoms with Crippen LogP contribution < -0.4 is 16.9 Å². The van der Waals surface area contributed by atoms with Crippen LogP contribution in [-0.2, 0) is 6.42 Å². The highest BCUT2D eigenvalue weighted by Crippen LogP contribution is 2.33. The summed E-state index contributed by atoms with van der Waals surface area (Å²) in [4.78, 5) is 41.3. The fraction of sp³-hybridized carbons (Fsp3) is 0.300. The maximum atomic E-state index is 12.7. The molecule has 0 saturated heterocycles. The Balaban J connectivity index is 1.96. The van der Waals surface area contributed by atoms with E-state index < -0.39 is 16.9 Å². The molecule has 7 nitrogen and oxygen atoms in total. The largest absolute Gasteiger partial charge is 0.405 e. The highest BCUT2D eigenvalue weighted by molar-refractivity contribution is 5.84. The van der Waals surface area contributed by atoms with Crippen LogP contribution in [0.3, 0.4) is 0 Å². The van der Waals surface area contributed by atoms with Crippen LogP contribution in [0, 0.1) is 17.2 Å². The molecule has 2 heterocycles. The molecule has 0 unspecified atom stereocenters. The Morgan fingerprint density at radius 1 is 1.11 bits per heavy atom. The second-order valence-electron chi connectivity index (χ2n) is 6.88. The first-order chi connectivity index (χ1) is 13.1. The second-order valence-corrected chi connectivity index (χ2v) is 6.88. The molecule has 1 fully saturated rings. The lowest BCUT2D eigenvalue weighted by atomic mass is 9.80. The summed E-state index contributed by atoms with van der Waals surface area (Å²) in [5.41, 5.74) is -0.0604. The molecule has 1 aromatic carbocycles. The molecule has 0 atom stereocenters. The fourth-order valence-corrected chi connectivity index (χ4v) is 3.59. The number of H-pyrrole nitrogens is 2. The Bertz CT molecular complexity index is 1220. The number of nitrogens with one attached hydrogen (secondary N) is 2. The van der Waals surface area contributed by atoms with Crippen molar-refractivity contribution < 1.29 is 4.42 Å². The zero-order chi connectivity index (χ0) is 19.0. The molecule has 0 amide bonds. The molecule has 2 N–H and O–H groups in total. The van der Waals surface area contributed by atoms with Crippen molar-refractivity contribution in [2.45, 2.75) is 32.1 Å². The molecule has 0 aliphatic heterocycles. The minimum atomic E-state index is -0.716. The van der Waals surface area contributed by atoms with E-state index in [2.05, 4.69) is 9.97 Å². The number of rotatable bonds is 4. The van der Waals surface area contributed by atoms with Crippen LogP contribution in [0.15, 0.2) is 43.1 Å². The van der Waals surface area contributed by atoms with Gasteiger partial charge in [-0.2, -0.15) is 5.26 Å². The first-order valence-corrected chi connectivity index (χ1v) is 8.89. The third-order valence-electron chi connectivity index (χ3n) is 5.24. The topological polar surface area (TPSA) is 120 Å². The summed E-state index contributed by atoms with van der Waals surface area (Å²) in [6.45, 7) is 0. The molecule has 136 valence electrons. The SMILES string of the molecule is N#Cc1ccc(-c2c(CCC3CCC3)c3c(=O)[nH]c(=O)[nH]c3oc2=O)cc1. The van der Waals surface area contributed by atoms with Crippen LogP contribution in [0.2, 0.25) is 0 Å². The van der Waals surface area contributed by atoms with Gasteiger partial charge in [0.1, 0.15) is 5.39 Å². The average molecular weight is 363 g/mol. The van der Waals surface area contributed by atoms with Crippen LogP contribution in [-0.4, -0.2) is 9.97 Å². The molecule has 2 aromatic heterocycles. The maximum absolute atomic E-state index is 12.7. The van der Waals surface area contributed by atoms with E-state index in [1.165, 1.54) is 6.42 Å². The van der Waals surface area contributed by atoms with Crippen molar-refractivity contribution in [1.29, 1.82) is 5.26 Å². The molecular formula is C20H17N3O4. The van der Waals surface area contributed by atoms with E-state index in [0.29, 0.717) is 34.6 Å². The smallest absolute Gasteiger partial charge is 0.345 e. The van der Waals surface area contributed by atoms with E-state index in [-0.39, 0.29) is 11.1 Å². The highest BCUT2D eigenvalue weighted by Gasteiger charge is 2.23. The van der Waals surface area contributed by atoms with Gasteiger partial charge >= 0.3 is 11.3 Å². The molecule has 1 aliphatic carbocycles. The van der Waals surface area contributed by atoms with Gasteiger partial charge in [0.05, 0.1) is 17.2 Å². The van der Waals surface area contributed by atoms with Crippen LogP contribution in [0.1, 0.15) is 36.8 Å². The Kier molecular flexibility index (Phi) is 4.24. The first kappa shape index (κ1) is 17.0. The number of fused-ring (bicyclic) bond motifs is 1. The van der Waals surface area contributed by atoms with Gasteiger partial charge in [0, 0.05) is 0 Å². The molecule has 0 bridgehead atoms. The van der Waals surface area contributed by atoms with Crippen molar-refractivity contribution in [2.75, 3.05) is 0 Å². The lowest BCUT2D eigenvalue weighted by Crippen LogP contribution is -2.25. The van der Waals surface area contributed by atoms with Crippen molar-refractivity contribution in [3.63, 3.8) is 0 Å². The lowest BCUT2D eigenvalue weighted by Gasteiger charge is -2.25. The minimum absolute atomic E-state index is 0.102. The summed E-state index contributed by atoms with van der Waals surface area (Å²) in [5, 5.41) is 9.18. The Morgan fingerprint density at radius 3 is 2.48 bits per heavy atom. The molecule has 0 spiro atoms.